The monoisotopic (exact) mass is 409 g/mol. The summed E-state index contributed by atoms with van der Waals surface area (Å²) in [6.45, 7) is 3.70. The van der Waals surface area contributed by atoms with Gasteiger partial charge in [0.1, 0.15) is 11.4 Å². The SMILES string of the molecule is CC(=O)Nc1ccc2c(c1)C(=O)CC1(CCN(Cc3ccc([N+](=O)[O-])cc3)CC1)O2. The number of carbonyl (C=O) groups excluding carboxylic acids is 2. The molecule has 1 fully saturated rings. The van der Waals surface area contributed by atoms with E-state index in [1.165, 1.54) is 19.1 Å². The first kappa shape index (κ1) is 20.0. The number of rotatable bonds is 4. The Morgan fingerprint density at radius 3 is 2.53 bits per heavy atom. The standard InChI is InChI=1S/C22H23N3O5/c1-15(26)23-17-4-7-21-19(12-17)20(27)13-22(30-21)8-10-24(11-9-22)14-16-2-5-18(6-3-16)25(28)29/h2-7,12H,8-11,13-14H2,1H3,(H,23,26). The number of fused-ring (bicyclic) bond motifs is 1. The molecule has 2 aliphatic rings. The molecule has 8 heteroatoms. The van der Waals surface area contributed by atoms with Crippen molar-refractivity contribution >= 4 is 23.1 Å². The Labute approximate surface area is 174 Å². The van der Waals surface area contributed by atoms with Crippen molar-refractivity contribution < 1.29 is 19.2 Å². The first-order valence-electron chi connectivity index (χ1n) is 9.93. The number of carbonyl (C=O) groups is 2. The van der Waals surface area contributed by atoms with Crippen LogP contribution in [0.4, 0.5) is 11.4 Å². The number of Topliss-reactive ketones (excluding diaryl/α,β-unsaturated/α-hetero) is 1. The van der Waals surface area contributed by atoms with Gasteiger partial charge in [-0.05, 0) is 23.8 Å². The number of nitro benzene ring substituents is 1. The van der Waals surface area contributed by atoms with Crippen molar-refractivity contribution in [1.29, 1.82) is 0 Å². The van der Waals surface area contributed by atoms with Gasteiger partial charge in [0.05, 0.1) is 16.9 Å². The van der Waals surface area contributed by atoms with E-state index in [0.29, 0.717) is 30.0 Å². The van der Waals surface area contributed by atoms with Gasteiger partial charge in [-0.2, -0.15) is 0 Å². The maximum Gasteiger partial charge on any atom is 0.269 e. The van der Waals surface area contributed by atoms with E-state index in [4.69, 9.17) is 4.74 Å². The number of hydrogen-bond donors (Lipinski definition) is 1. The minimum atomic E-state index is -0.494. The van der Waals surface area contributed by atoms with Crippen molar-refractivity contribution in [3.63, 3.8) is 0 Å². The molecule has 1 saturated heterocycles. The molecular weight excluding hydrogens is 386 g/mol. The molecule has 30 heavy (non-hydrogen) atoms. The number of likely N-dealkylation sites (tertiary alicyclic amines) is 1. The van der Waals surface area contributed by atoms with Crippen molar-refractivity contribution in [2.24, 2.45) is 0 Å². The number of nitrogens with one attached hydrogen (secondary N) is 1. The molecule has 0 saturated carbocycles. The van der Waals surface area contributed by atoms with Crippen LogP contribution in [0.2, 0.25) is 0 Å². The van der Waals surface area contributed by atoms with Gasteiger partial charge in [0.25, 0.3) is 5.69 Å². The van der Waals surface area contributed by atoms with Gasteiger partial charge < -0.3 is 10.1 Å². The summed E-state index contributed by atoms with van der Waals surface area (Å²) in [5.74, 6) is 0.424. The summed E-state index contributed by atoms with van der Waals surface area (Å²) in [4.78, 5) is 36.7. The highest BCUT2D eigenvalue weighted by atomic mass is 16.6. The lowest BCUT2D eigenvalue weighted by Gasteiger charge is -2.44. The third kappa shape index (κ3) is 4.18. The van der Waals surface area contributed by atoms with Gasteiger partial charge in [0.15, 0.2) is 5.78 Å². The second-order valence-corrected chi connectivity index (χ2v) is 7.98. The van der Waals surface area contributed by atoms with E-state index in [-0.39, 0.29) is 17.4 Å². The second-order valence-electron chi connectivity index (χ2n) is 7.98. The number of hydrogen-bond acceptors (Lipinski definition) is 6. The predicted octanol–water partition coefficient (Wildman–Crippen LogP) is 3.55. The summed E-state index contributed by atoms with van der Waals surface area (Å²) in [6.07, 6.45) is 1.80. The van der Waals surface area contributed by atoms with E-state index in [1.807, 2.05) is 0 Å². The topological polar surface area (TPSA) is 102 Å². The average molecular weight is 409 g/mol. The van der Waals surface area contributed by atoms with Crippen LogP contribution >= 0.6 is 0 Å². The van der Waals surface area contributed by atoms with Gasteiger partial charge >= 0.3 is 0 Å². The molecule has 4 rings (SSSR count). The van der Waals surface area contributed by atoms with Crippen LogP contribution in [0.1, 0.15) is 42.1 Å². The fourth-order valence-corrected chi connectivity index (χ4v) is 4.15. The lowest BCUT2D eigenvalue weighted by atomic mass is 9.82. The summed E-state index contributed by atoms with van der Waals surface area (Å²) in [7, 11) is 0. The molecule has 2 aromatic carbocycles. The minimum absolute atomic E-state index is 0.0345. The van der Waals surface area contributed by atoms with Gasteiger partial charge in [-0.1, -0.05) is 12.1 Å². The molecule has 0 aliphatic carbocycles. The Morgan fingerprint density at radius 1 is 1.20 bits per heavy atom. The number of piperidine rings is 1. The van der Waals surface area contributed by atoms with E-state index < -0.39 is 10.5 Å². The maximum atomic E-state index is 12.8. The molecule has 2 aliphatic heterocycles. The highest BCUT2D eigenvalue weighted by Gasteiger charge is 2.42. The Hall–Kier alpha value is -3.26. The number of anilines is 1. The normalized spacial score (nSPS) is 17.8. The predicted molar refractivity (Wildman–Crippen MR) is 111 cm³/mol. The highest BCUT2D eigenvalue weighted by molar-refractivity contribution is 6.02. The number of nitro groups is 1. The Morgan fingerprint density at radius 2 is 1.90 bits per heavy atom. The summed E-state index contributed by atoms with van der Waals surface area (Å²) in [5.41, 5.74) is 1.72. The van der Waals surface area contributed by atoms with Crippen LogP contribution in [-0.4, -0.2) is 40.2 Å². The van der Waals surface area contributed by atoms with Crippen LogP contribution in [0.15, 0.2) is 42.5 Å². The van der Waals surface area contributed by atoms with E-state index in [2.05, 4.69) is 10.2 Å². The van der Waals surface area contributed by atoms with Crippen molar-refractivity contribution in [1.82, 2.24) is 4.90 Å². The number of amides is 1. The Kier molecular flexibility index (Phi) is 5.26. The minimum Gasteiger partial charge on any atom is -0.486 e. The summed E-state index contributed by atoms with van der Waals surface area (Å²) < 4.78 is 6.30. The van der Waals surface area contributed by atoms with Crippen LogP contribution in [0, 0.1) is 10.1 Å². The average Bonchev–Trinajstić information content (AvgIpc) is 2.70. The van der Waals surface area contributed by atoms with Crippen molar-refractivity contribution in [2.75, 3.05) is 18.4 Å². The lowest BCUT2D eigenvalue weighted by molar-refractivity contribution is -0.384. The second kappa shape index (κ2) is 7.87. The van der Waals surface area contributed by atoms with E-state index >= 15 is 0 Å². The first-order chi connectivity index (χ1) is 14.3. The maximum absolute atomic E-state index is 12.8. The van der Waals surface area contributed by atoms with Crippen LogP contribution in [0.5, 0.6) is 5.75 Å². The molecule has 0 aromatic heterocycles. The molecule has 0 atom stereocenters. The smallest absolute Gasteiger partial charge is 0.269 e. The fourth-order valence-electron chi connectivity index (χ4n) is 4.15. The van der Waals surface area contributed by atoms with Gasteiger partial charge in [0, 0.05) is 57.2 Å². The van der Waals surface area contributed by atoms with Crippen molar-refractivity contribution in [3.8, 4) is 5.75 Å². The summed E-state index contributed by atoms with van der Waals surface area (Å²) in [6, 6.07) is 11.8. The Balaban J connectivity index is 1.40. The number of nitrogens with zero attached hydrogens (tertiary/aromatic N) is 2. The van der Waals surface area contributed by atoms with Crippen LogP contribution in [-0.2, 0) is 11.3 Å². The molecule has 1 amide bonds. The zero-order valence-electron chi connectivity index (χ0n) is 16.7. The third-order valence-corrected chi connectivity index (χ3v) is 5.73. The zero-order valence-corrected chi connectivity index (χ0v) is 16.7. The molecule has 0 radical (unpaired) electrons. The number of ketones is 1. The molecule has 0 bridgehead atoms. The van der Waals surface area contributed by atoms with Gasteiger partial charge in [-0.25, -0.2) is 0 Å². The molecule has 0 unspecified atom stereocenters. The van der Waals surface area contributed by atoms with Gasteiger partial charge in [-0.15, -0.1) is 0 Å². The zero-order chi connectivity index (χ0) is 21.3. The van der Waals surface area contributed by atoms with Gasteiger partial charge in [-0.3, -0.25) is 24.6 Å². The number of benzene rings is 2. The van der Waals surface area contributed by atoms with Crippen molar-refractivity contribution in [2.45, 2.75) is 38.3 Å². The van der Waals surface area contributed by atoms with E-state index in [0.717, 1.165) is 31.5 Å². The lowest BCUT2D eigenvalue weighted by Crippen LogP contribution is -2.50. The molecule has 8 nitrogen and oxygen atoms in total. The summed E-state index contributed by atoms with van der Waals surface area (Å²) in [5, 5.41) is 13.5. The molecule has 2 heterocycles. The number of ether oxygens (including phenoxy) is 1. The van der Waals surface area contributed by atoms with E-state index in [1.54, 1.807) is 30.3 Å². The van der Waals surface area contributed by atoms with Crippen LogP contribution < -0.4 is 10.1 Å². The van der Waals surface area contributed by atoms with E-state index in [9.17, 15) is 19.7 Å². The van der Waals surface area contributed by atoms with Gasteiger partial charge in [0.2, 0.25) is 5.91 Å². The first-order valence-corrected chi connectivity index (χ1v) is 9.93. The molecule has 1 N–H and O–H groups in total. The quantitative estimate of drug-likeness (QED) is 0.612. The molecule has 1 spiro atoms. The molecule has 2 aromatic rings. The third-order valence-electron chi connectivity index (χ3n) is 5.73. The number of non-ortho nitro benzene ring substituents is 1. The van der Waals surface area contributed by atoms with Crippen molar-refractivity contribution in [3.05, 3.63) is 63.7 Å². The molecular formula is C22H23N3O5. The largest absolute Gasteiger partial charge is 0.486 e. The van der Waals surface area contributed by atoms with Crippen LogP contribution in [0.25, 0.3) is 0 Å². The molecule has 156 valence electrons. The Bertz CT molecular complexity index is 994. The van der Waals surface area contributed by atoms with Crippen LogP contribution in [0.3, 0.4) is 0 Å². The highest BCUT2D eigenvalue weighted by Crippen LogP contribution is 2.40. The summed E-state index contributed by atoms with van der Waals surface area (Å²) >= 11 is 0. The fraction of sp³-hybridized carbons (Fsp3) is 0.364.